The van der Waals surface area contributed by atoms with Gasteiger partial charge in [0.2, 0.25) is 12.1 Å². The molecule has 0 bridgehead atoms. The molecule has 2 saturated heterocycles. The second kappa shape index (κ2) is 9.59. The van der Waals surface area contributed by atoms with Crippen molar-refractivity contribution < 1.29 is 48.2 Å². The van der Waals surface area contributed by atoms with Crippen LogP contribution in [0.1, 0.15) is 72.6 Å². The van der Waals surface area contributed by atoms with Gasteiger partial charge in [0.05, 0.1) is 17.8 Å². The Bertz CT molecular complexity index is 1230. The molecule has 5 fully saturated rings. The van der Waals surface area contributed by atoms with Gasteiger partial charge in [-0.2, -0.15) is 0 Å². The monoisotopic (exact) mass is 588 g/mol. The highest BCUT2D eigenvalue weighted by atomic mass is 16.8. The Hall–Kier alpha value is -1.82. The minimum Gasteiger partial charge on any atom is -0.462 e. The number of aliphatic hydroxyl groups is 2. The summed E-state index contributed by atoms with van der Waals surface area (Å²) in [4.78, 5) is 24.3. The number of rotatable bonds is 3. The van der Waals surface area contributed by atoms with E-state index in [0.717, 1.165) is 31.3 Å². The van der Waals surface area contributed by atoms with Crippen molar-refractivity contribution in [3.05, 3.63) is 23.3 Å². The van der Waals surface area contributed by atoms with E-state index in [4.69, 9.17) is 28.4 Å². The fourth-order valence-electron chi connectivity index (χ4n) is 10.4. The first kappa shape index (κ1) is 28.9. The summed E-state index contributed by atoms with van der Waals surface area (Å²) in [6, 6.07) is 0. The molecule has 10 heteroatoms. The number of fused-ring (bicyclic) bond motifs is 7. The first-order chi connectivity index (χ1) is 19.8. The van der Waals surface area contributed by atoms with Crippen LogP contribution in [0.5, 0.6) is 0 Å². The van der Waals surface area contributed by atoms with Gasteiger partial charge in [0, 0.05) is 44.3 Å². The Morgan fingerprint density at radius 1 is 1.12 bits per heavy atom. The molecule has 4 aliphatic carbocycles. The van der Waals surface area contributed by atoms with E-state index in [1.807, 2.05) is 6.92 Å². The van der Waals surface area contributed by atoms with Gasteiger partial charge in [-0.05, 0) is 61.9 Å². The van der Waals surface area contributed by atoms with Gasteiger partial charge in [0.15, 0.2) is 0 Å². The van der Waals surface area contributed by atoms with E-state index in [1.165, 1.54) is 18.6 Å². The maximum atomic E-state index is 12.8. The Morgan fingerprint density at radius 3 is 2.60 bits per heavy atom. The minimum absolute atomic E-state index is 0.0393. The van der Waals surface area contributed by atoms with E-state index < -0.39 is 47.4 Å². The van der Waals surface area contributed by atoms with Gasteiger partial charge in [0.25, 0.3) is 0 Å². The average Bonchev–Trinajstić information content (AvgIpc) is 3.42. The average molecular weight is 589 g/mol. The fraction of sp³-hybridized carbons (Fsp3) is 0.812. The molecule has 0 aromatic carbocycles. The van der Waals surface area contributed by atoms with Gasteiger partial charge in [-0.15, -0.1) is 0 Å². The molecule has 232 valence electrons. The summed E-state index contributed by atoms with van der Waals surface area (Å²) in [7, 11) is 1.57. The van der Waals surface area contributed by atoms with Crippen LogP contribution >= 0.6 is 0 Å². The number of allylic oxidation sites excluding steroid dienone is 1. The summed E-state index contributed by atoms with van der Waals surface area (Å²) in [6.45, 7) is 7.88. The summed E-state index contributed by atoms with van der Waals surface area (Å²) >= 11 is 0. The molecule has 10 nitrogen and oxygen atoms in total. The highest BCUT2D eigenvalue weighted by Crippen LogP contribution is 2.70. The van der Waals surface area contributed by atoms with Crippen molar-refractivity contribution in [3.63, 3.8) is 0 Å². The molecule has 1 unspecified atom stereocenters. The lowest BCUT2D eigenvalue weighted by molar-refractivity contribution is -0.450. The lowest BCUT2D eigenvalue weighted by Crippen LogP contribution is -2.69. The van der Waals surface area contributed by atoms with E-state index in [1.54, 1.807) is 7.11 Å². The molecule has 0 aromatic heterocycles. The quantitative estimate of drug-likeness (QED) is 0.375. The van der Waals surface area contributed by atoms with Gasteiger partial charge in [0.1, 0.15) is 24.9 Å². The summed E-state index contributed by atoms with van der Waals surface area (Å²) in [5, 5.41) is 24.4. The van der Waals surface area contributed by atoms with E-state index in [-0.39, 0.29) is 48.0 Å². The first-order valence-corrected chi connectivity index (χ1v) is 15.5. The molecule has 0 radical (unpaired) electrons. The number of hydrogen-bond acceptors (Lipinski definition) is 10. The summed E-state index contributed by atoms with van der Waals surface area (Å²) in [6.07, 6.45) is 5.46. The third-order valence-electron chi connectivity index (χ3n) is 12.3. The zero-order chi connectivity index (χ0) is 29.8. The number of hydrogen-bond donors (Lipinski definition) is 2. The first-order valence-electron chi connectivity index (χ1n) is 15.5. The molecule has 0 spiro atoms. The highest BCUT2D eigenvalue weighted by molar-refractivity contribution is 5.85. The Kier molecular flexibility index (Phi) is 6.60. The largest absolute Gasteiger partial charge is 0.462 e. The molecule has 2 N–H and O–H groups in total. The number of ether oxygens (including phenoxy) is 6. The van der Waals surface area contributed by atoms with Crippen LogP contribution in [0.25, 0.3) is 0 Å². The molecule has 42 heavy (non-hydrogen) atoms. The number of carbonyl (C=O) groups is 2. The van der Waals surface area contributed by atoms with E-state index in [2.05, 4.69) is 19.9 Å². The van der Waals surface area contributed by atoms with Gasteiger partial charge >= 0.3 is 11.9 Å². The highest BCUT2D eigenvalue weighted by Gasteiger charge is 2.71. The Balaban J connectivity index is 1.21. The second-order valence-electron chi connectivity index (χ2n) is 14.3. The smallest absolute Gasteiger partial charge is 0.331 e. The zero-order valence-corrected chi connectivity index (χ0v) is 25.2. The molecule has 0 amide bonds. The van der Waals surface area contributed by atoms with Crippen LogP contribution in [-0.2, 0) is 38.0 Å². The van der Waals surface area contributed by atoms with Crippen molar-refractivity contribution >= 4 is 11.9 Å². The second-order valence-corrected chi connectivity index (χ2v) is 14.3. The van der Waals surface area contributed by atoms with Crippen molar-refractivity contribution in [2.45, 2.75) is 121 Å². The predicted octanol–water partition coefficient (Wildman–Crippen LogP) is 2.94. The van der Waals surface area contributed by atoms with Crippen molar-refractivity contribution in [1.29, 1.82) is 0 Å². The lowest BCUT2D eigenvalue weighted by atomic mass is 9.45. The van der Waals surface area contributed by atoms with Crippen molar-refractivity contribution in [1.82, 2.24) is 0 Å². The van der Waals surface area contributed by atoms with Crippen LogP contribution in [0.3, 0.4) is 0 Å². The summed E-state index contributed by atoms with van der Waals surface area (Å²) in [5.74, 6) is -2.66. The predicted molar refractivity (Wildman–Crippen MR) is 146 cm³/mol. The molecule has 7 rings (SSSR count). The molecular formula is C32H44O10. The SMILES string of the molecule is CO[C@@H]1C[C@@H](C)O[C@H]2O[C@@H]3C=C4CC[C@@H]5[C@H](CC[C@]6(C)[C@@H](C7=CC(=O)OC7)[C@@H](OC(C)=O)C[C@]56O)[C@@]4(C)C[C@H]3OC21O. The minimum atomic E-state index is -1.70. The molecule has 3 heterocycles. The number of esters is 2. The van der Waals surface area contributed by atoms with E-state index in [9.17, 15) is 19.8 Å². The Morgan fingerprint density at radius 2 is 1.90 bits per heavy atom. The normalized spacial score (nSPS) is 52.9. The number of methoxy groups -OCH3 is 1. The summed E-state index contributed by atoms with van der Waals surface area (Å²) < 4.78 is 35.6. The molecular weight excluding hydrogens is 544 g/mol. The van der Waals surface area contributed by atoms with E-state index in [0.29, 0.717) is 19.3 Å². The third-order valence-corrected chi connectivity index (χ3v) is 12.3. The van der Waals surface area contributed by atoms with Gasteiger partial charge in [-0.25, -0.2) is 4.79 Å². The number of carbonyl (C=O) groups excluding carboxylic acids is 2. The van der Waals surface area contributed by atoms with Crippen LogP contribution in [0.4, 0.5) is 0 Å². The standard InChI is InChI=1S/C32H44O10/c1-16-10-25(37-5)32(36)28(39-16)41-22-12-19-6-7-21-20(29(19,3)13-23(22)42-32)8-9-30(4)27(18-11-26(34)38-15-18)24(40-17(2)33)14-31(21,30)35/h11-12,16,20-25,27-28,35-36H,6-10,13-15H2,1-5H3/t16-,20+,21-,22-,23-,24+,25-,27+,28+,29+,30-,31+,32?/m1/s1. The topological polar surface area (TPSA) is 130 Å². The summed E-state index contributed by atoms with van der Waals surface area (Å²) in [5.41, 5.74) is 0.151. The number of cyclic esters (lactones) is 1. The molecule has 3 aliphatic heterocycles. The van der Waals surface area contributed by atoms with Crippen molar-refractivity contribution in [2.24, 2.45) is 28.6 Å². The molecule has 3 saturated carbocycles. The Labute approximate surface area is 246 Å². The van der Waals surface area contributed by atoms with Gasteiger partial charge < -0.3 is 38.6 Å². The fourth-order valence-corrected chi connectivity index (χ4v) is 10.4. The maximum absolute atomic E-state index is 12.8. The van der Waals surface area contributed by atoms with Crippen molar-refractivity contribution in [2.75, 3.05) is 13.7 Å². The van der Waals surface area contributed by atoms with Crippen LogP contribution in [0.2, 0.25) is 0 Å². The lowest BCUT2D eigenvalue weighted by Gasteiger charge is -2.63. The van der Waals surface area contributed by atoms with Gasteiger partial charge in [-0.1, -0.05) is 25.5 Å². The molecule has 7 aliphatic rings. The van der Waals surface area contributed by atoms with E-state index >= 15 is 0 Å². The zero-order valence-electron chi connectivity index (χ0n) is 25.2. The molecule has 0 aromatic rings. The maximum Gasteiger partial charge on any atom is 0.331 e. The van der Waals surface area contributed by atoms with Crippen LogP contribution in [0, 0.1) is 28.6 Å². The van der Waals surface area contributed by atoms with Crippen LogP contribution in [-0.4, -0.2) is 84.1 Å². The van der Waals surface area contributed by atoms with Crippen LogP contribution < -0.4 is 0 Å². The van der Waals surface area contributed by atoms with Crippen LogP contribution in [0.15, 0.2) is 23.3 Å². The third kappa shape index (κ3) is 3.91. The molecule has 13 atom stereocenters. The van der Waals surface area contributed by atoms with Crippen molar-refractivity contribution in [3.8, 4) is 0 Å². The van der Waals surface area contributed by atoms with Gasteiger partial charge in [-0.3, -0.25) is 4.79 Å².